The first-order valence-electron chi connectivity index (χ1n) is 9.17. The number of carbonyl (C=O) groups excluding carboxylic acids is 2. The van der Waals surface area contributed by atoms with E-state index in [1.165, 1.54) is 0 Å². The van der Waals surface area contributed by atoms with Crippen LogP contribution in [0.3, 0.4) is 0 Å². The van der Waals surface area contributed by atoms with E-state index in [1.54, 1.807) is 26.8 Å². The summed E-state index contributed by atoms with van der Waals surface area (Å²) in [6.07, 6.45) is 0.922. The molecule has 1 heterocycles. The van der Waals surface area contributed by atoms with Crippen LogP contribution < -0.4 is 0 Å². The zero-order chi connectivity index (χ0) is 19.4. The second-order valence-corrected chi connectivity index (χ2v) is 8.44. The summed E-state index contributed by atoms with van der Waals surface area (Å²) in [5, 5.41) is 21.9. The number of esters is 2. The molecule has 2 saturated carbocycles. The van der Waals surface area contributed by atoms with Crippen molar-refractivity contribution in [2.75, 3.05) is 0 Å². The fourth-order valence-electron chi connectivity index (χ4n) is 5.17. The van der Waals surface area contributed by atoms with Crippen molar-refractivity contribution < 1.29 is 29.3 Å². The Morgan fingerprint density at radius 1 is 1.42 bits per heavy atom. The first-order chi connectivity index (χ1) is 12.0. The van der Waals surface area contributed by atoms with Crippen molar-refractivity contribution in [3.8, 4) is 0 Å². The smallest absolute Gasteiger partial charge is 0.334 e. The number of hydrogen-bond acceptors (Lipinski definition) is 6. The molecule has 0 radical (unpaired) electrons. The fraction of sp³-hybridized carbons (Fsp3) is 0.700. The van der Waals surface area contributed by atoms with Gasteiger partial charge in [-0.15, -0.1) is 0 Å². The van der Waals surface area contributed by atoms with Gasteiger partial charge >= 0.3 is 11.9 Å². The van der Waals surface area contributed by atoms with Crippen molar-refractivity contribution in [2.24, 2.45) is 17.3 Å². The number of fused-ring (bicyclic) bond motifs is 2. The lowest BCUT2D eigenvalue weighted by atomic mass is 9.50. The summed E-state index contributed by atoms with van der Waals surface area (Å²) in [6, 6.07) is 0. The van der Waals surface area contributed by atoms with Gasteiger partial charge in [-0.1, -0.05) is 19.6 Å². The molecule has 2 aliphatic carbocycles. The van der Waals surface area contributed by atoms with Crippen LogP contribution in [0.2, 0.25) is 0 Å². The van der Waals surface area contributed by atoms with E-state index >= 15 is 0 Å². The number of carbonyl (C=O) groups is 2. The Labute approximate surface area is 153 Å². The highest BCUT2D eigenvalue weighted by molar-refractivity contribution is 5.91. The quantitative estimate of drug-likeness (QED) is 0.574. The molecule has 2 N–H and O–H groups in total. The minimum Gasteiger partial charge on any atom is -0.458 e. The Kier molecular flexibility index (Phi) is 4.56. The van der Waals surface area contributed by atoms with E-state index in [0.717, 1.165) is 0 Å². The SMILES string of the molecule is C=C1C(=O)O[C@H]2C[C@@]3(C)[C@H](O)CC[C@](C)(O)[C@@H]3[C@@H](OC(=O)/C(C)=C\C)[C@H]12. The van der Waals surface area contributed by atoms with E-state index in [0.29, 0.717) is 24.8 Å². The molecule has 0 spiro atoms. The molecule has 0 aromatic rings. The highest BCUT2D eigenvalue weighted by Crippen LogP contribution is 2.59. The molecule has 26 heavy (non-hydrogen) atoms. The van der Waals surface area contributed by atoms with Crippen molar-refractivity contribution in [1.29, 1.82) is 0 Å². The molecule has 3 aliphatic rings. The summed E-state index contributed by atoms with van der Waals surface area (Å²) in [4.78, 5) is 24.6. The summed E-state index contributed by atoms with van der Waals surface area (Å²) in [5.74, 6) is -2.03. The predicted molar refractivity (Wildman–Crippen MR) is 93.9 cm³/mol. The van der Waals surface area contributed by atoms with Crippen LogP contribution >= 0.6 is 0 Å². The van der Waals surface area contributed by atoms with Crippen LogP contribution in [0, 0.1) is 17.3 Å². The third-order valence-electron chi connectivity index (χ3n) is 6.71. The molecule has 144 valence electrons. The lowest BCUT2D eigenvalue weighted by molar-refractivity contribution is -0.234. The molecule has 1 saturated heterocycles. The molecule has 0 aromatic heterocycles. The molecule has 0 bridgehead atoms. The molecule has 0 aromatic carbocycles. The van der Waals surface area contributed by atoms with Crippen LogP contribution in [0.25, 0.3) is 0 Å². The standard InChI is InChI=1S/C20H28O6/c1-6-10(2)17(22)26-15-14-11(3)18(23)25-12(14)9-19(4)13(21)7-8-20(5,24)16(15)19/h6,12-16,21,24H,3,7-9H2,1-2,4-5H3/b10-6-/t12-,13+,14+,15-,16+,19-,20-/m0/s1. The monoisotopic (exact) mass is 364 g/mol. The van der Waals surface area contributed by atoms with E-state index in [4.69, 9.17) is 9.47 Å². The second kappa shape index (κ2) is 6.20. The number of aliphatic hydroxyl groups excluding tert-OH is 1. The largest absolute Gasteiger partial charge is 0.458 e. The predicted octanol–water partition coefficient (Wildman–Crippen LogP) is 1.89. The van der Waals surface area contributed by atoms with Gasteiger partial charge in [0.15, 0.2) is 0 Å². The van der Waals surface area contributed by atoms with E-state index in [9.17, 15) is 19.8 Å². The van der Waals surface area contributed by atoms with Gasteiger partial charge in [-0.2, -0.15) is 0 Å². The van der Waals surface area contributed by atoms with E-state index in [-0.39, 0.29) is 5.57 Å². The summed E-state index contributed by atoms with van der Waals surface area (Å²) in [5.41, 5.74) is -1.16. The van der Waals surface area contributed by atoms with Gasteiger partial charge < -0.3 is 19.7 Å². The van der Waals surface area contributed by atoms with Crippen molar-refractivity contribution in [1.82, 2.24) is 0 Å². The van der Waals surface area contributed by atoms with Crippen LogP contribution in [-0.4, -0.2) is 46.1 Å². The van der Waals surface area contributed by atoms with E-state index in [2.05, 4.69) is 6.58 Å². The maximum Gasteiger partial charge on any atom is 0.334 e. The van der Waals surface area contributed by atoms with Crippen LogP contribution in [0.1, 0.15) is 47.0 Å². The van der Waals surface area contributed by atoms with Crippen molar-refractivity contribution in [3.05, 3.63) is 23.8 Å². The highest BCUT2D eigenvalue weighted by Gasteiger charge is 2.66. The van der Waals surface area contributed by atoms with Gasteiger partial charge in [0.25, 0.3) is 0 Å². The Hall–Kier alpha value is -1.66. The number of hydrogen-bond donors (Lipinski definition) is 2. The maximum absolute atomic E-state index is 12.5. The molecule has 0 amide bonds. The molecule has 6 heteroatoms. The molecule has 0 unspecified atom stereocenters. The first kappa shape index (κ1) is 19.1. The minimum absolute atomic E-state index is 0.267. The zero-order valence-corrected chi connectivity index (χ0v) is 15.8. The Morgan fingerprint density at radius 2 is 2.08 bits per heavy atom. The topological polar surface area (TPSA) is 93.1 Å². The number of rotatable bonds is 2. The van der Waals surface area contributed by atoms with Gasteiger partial charge in [0.1, 0.15) is 12.2 Å². The molecule has 1 aliphatic heterocycles. The number of allylic oxidation sites excluding steroid dienone is 1. The van der Waals surface area contributed by atoms with E-state index < -0.39 is 53.1 Å². The summed E-state index contributed by atoms with van der Waals surface area (Å²) < 4.78 is 11.3. The van der Waals surface area contributed by atoms with Gasteiger partial charge in [0.05, 0.1) is 17.6 Å². The van der Waals surface area contributed by atoms with Crippen LogP contribution in [0.15, 0.2) is 23.8 Å². The van der Waals surface area contributed by atoms with E-state index in [1.807, 2.05) is 6.92 Å². The number of aliphatic hydroxyl groups is 2. The van der Waals surface area contributed by atoms with Gasteiger partial charge in [0, 0.05) is 22.5 Å². The first-order valence-corrected chi connectivity index (χ1v) is 9.17. The van der Waals surface area contributed by atoms with Crippen LogP contribution in [-0.2, 0) is 19.1 Å². The van der Waals surface area contributed by atoms with Crippen molar-refractivity contribution in [2.45, 2.75) is 70.9 Å². The number of ether oxygens (including phenoxy) is 2. The third kappa shape index (κ3) is 2.70. The van der Waals surface area contributed by atoms with Gasteiger partial charge in [-0.05, 0) is 40.0 Å². The molecular weight excluding hydrogens is 336 g/mol. The second-order valence-electron chi connectivity index (χ2n) is 8.44. The average Bonchev–Trinajstić information content (AvgIpc) is 2.84. The van der Waals surface area contributed by atoms with Gasteiger partial charge in [-0.25, -0.2) is 9.59 Å². The highest BCUT2D eigenvalue weighted by atomic mass is 16.6. The average molecular weight is 364 g/mol. The molecule has 3 fully saturated rings. The Bertz CT molecular complexity index is 678. The van der Waals surface area contributed by atoms with Crippen molar-refractivity contribution >= 4 is 11.9 Å². The maximum atomic E-state index is 12.5. The molecule has 6 nitrogen and oxygen atoms in total. The fourth-order valence-corrected chi connectivity index (χ4v) is 5.17. The summed E-state index contributed by atoms with van der Waals surface area (Å²) in [7, 11) is 0. The lowest BCUT2D eigenvalue weighted by Gasteiger charge is -2.59. The van der Waals surface area contributed by atoms with Crippen molar-refractivity contribution in [3.63, 3.8) is 0 Å². The van der Waals surface area contributed by atoms with Gasteiger partial charge in [0.2, 0.25) is 0 Å². The zero-order valence-electron chi connectivity index (χ0n) is 15.8. The molecular formula is C20H28O6. The minimum atomic E-state index is -1.14. The van der Waals surface area contributed by atoms with Gasteiger partial charge in [-0.3, -0.25) is 0 Å². The summed E-state index contributed by atoms with van der Waals surface area (Å²) in [6.45, 7) is 10.8. The van der Waals surface area contributed by atoms with Crippen LogP contribution in [0.5, 0.6) is 0 Å². The Morgan fingerprint density at radius 3 is 2.69 bits per heavy atom. The molecule has 7 atom stereocenters. The Balaban J connectivity index is 2.08. The normalized spacial score (nSPS) is 45.6. The van der Waals surface area contributed by atoms with Crippen LogP contribution in [0.4, 0.5) is 0 Å². The summed E-state index contributed by atoms with van der Waals surface area (Å²) >= 11 is 0. The molecule has 3 rings (SSSR count). The third-order valence-corrected chi connectivity index (χ3v) is 6.71. The lowest BCUT2D eigenvalue weighted by Crippen LogP contribution is -2.65.